The highest BCUT2D eigenvalue weighted by Gasteiger charge is 2.24. The van der Waals surface area contributed by atoms with Crippen LogP contribution in [0.2, 0.25) is 10.0 Å². The third-order valence-electron chi connectivity index (χ3n) is 4.09. The van der Waals surface area contributed by atoms with E-state index in [0.717, 1.165) is 12.8 Å². The maximum atomic E-state index is 12.5. The lowest BCUT2D eigenvalue weighted by atomic mass is 10.1. The maximum absolute atomic E-state index is 12.5. The van der Waals surface area contributed by atoms with Crippen LogP contribution in [0.4, 0.5) is 0 Å². The van der Waals surface area contributed by atoms with Gasteiger partial charge in [-0.2, -0.15) is 5.10 Å². The molecule has 1 aliphatic heterocycles. The van der Waals surface area contributed by atoms with Crippen molar-refractivity contribution in [1.29, 1.82) is 0 Å². The number of carbonyl (C=O) groups is 1. The van der Waals surface area contributed by atoms with E-state index in [2.05, 4.69) is 10.2 Å². The highest BCUT2D eigenvalue weighted by molar-refractivity contribution is 6.34. The van der Waals surface area contributed by atoms with Gasteiger partial charge in [-0.3, -0.25) is 9.89 Å². The zero-order chi connectivity index (χ0) is 18.0. The van der Waals surface area contributed by atoms with Crippen molar-refractivity contribution in [3.05, 3.63) is 39.6 Å². The Balaban J connectivity index is 1.76. The molecule has 1 amide bonds. The zero-order valence-corrected chi connectivity index (χ0v) is 15.3. The van der Waals surface area contributed by atoms with Gasteiger partial charge in [-0.25, -0.2) is 0 Å². The monoisotopic (exact) mass is 383 g/mol. The van der Waals surface area contributed by atoms with E-state index in [9.17, 15) is 9.90 Å². The minimum absolute atomic E-state index is 0.0840. The Morgan fingerprint density at radius 3 is 2.80 bits per heavy atom. The average Bonchev–Trinajstić information content (AvgIpc) is 2.87. The molecule has 0 saturated carbocycles. The van der Waals surface area contributed by atoms with Crippen LogP contribution in [0.15, 0.2) is 18.2 Å². The van der Waals surface area contributed by atoms with Gasteiger partial charge in [0.2, 0.25) is 5.91 Å². The Morgan fingerprint density at radius 1 is 1.40 bits per heavy atom. The Kier molecular flexibility index (Phi) is 5.51. The van der Waals surface area contributed by atoms with Gasteiger partial charge >= 0.3 is 0 Å². The largest absolute Gasteiger partial charge is 0.453 e. The number of aromatic nitrogens is 2. The van der Waals surface area contributed by atoms with Crippen molar-refractivity contribution in [1.82, 2.24) is 15.1 Å². The molecule has 0 unspecified atom stereocenters. The van der Waals surface area contributed by atoms with Crippen molar-refractivity contribution in [2.75, 3.05) is 13.1 Å². The number of carbonyl (C=O) groups excluding carboxylic acids is 1. The average molecular weight is 384 g/mol. The second-order valence-electron chi connectivity index (χ2n) is 6.14. The second-order valence-corrected chi connectivity index (χ2v) is 7.02. The van der Waals surface area contributed by atoms with E-state index in [0.29, 0.717) is 46.0 Å². The summed E-state index contributed by atoms with van der Waals surface area (Å²) < 4.78 is 5.87. The predicted octanol–water partition coefficient (Wildman–Crippen LogP) is 3.34. The molecule has 0 bridgehead atoms. The number of amides is 1. The lowest BCUT2D eigenvalue weighted by molar-refractivity contribution is -0.133. The molecule has 0 radical (unpaired) electrons. The molecule has 2 heterocycles. The molecule has 1 saturated heterocycles. The molecule has 0 aliphatic carbocycles. The van der Waals surface area contributed by atoms with Gasteiger partial charge in [-0.1, -0.05) is 23.2 Å². The molecule has 1 aliphatic rings. The van der Waals surface area contributed by atoms with Crippen molar-refractivity contribution >= 4 is 29.1 Å². The number of benzene rings is 1. The first-order chi connectivity index (χ1) is 11.9. The summed E-state index contributed by atoms with van der Waals surface area (Å²) in [4.78, 5) is 14.2. The van der Waals surface area contributed by atoms with E-state index >= 15 is 0 Å². The van der Waals surface area contributed by atoms with Gasteiger partial charge in [-0.05, 0) is 38.0 Å². The van der Waals surface area contributed by atoms with Crippen LogP contribution in [-0.2, 0) is 11.2 Å². The highest BCUT2D eigenvalue weighted by Crippen LogP contribution is 2.32. The van der Waals surface area contributed by atoms with Crippen molar-refractivity contribution in [2.24, 2.45) is 0 Å². The van der Waals surface area contributed by atoms with E-state index in [1.807, 2.05) is 6.92 Å². The molecule has 6 nitrogen and oxygen atoms in total. The Bertz CT molecular complexity index is 758. The van der Waals surface area contributed by atoms with Crippen LogP contribution in [0.25, 0.3) is 0 Å². The predicted molar refractivity (Wildman–Crippen MR) is 95.4 cm³/mol. The molecule has 2 aromatic rings. The number of β-amino-alcohol motifs (C(OH)–C–C–N with tert-alkyl or cyclic N) is 1. The molecule has 1 aromatic carbocycles. The molecule has 134 valence electrons. The van der Waals surface area contributed by atoms with Gasteiger partial charge in [0, 0.05) is 23.1 Å². The Labute approximate surface area is 155 Å². The topological polar surface area (TPSA) is 78.5 Å². The first-order valence-corrected chi connectivity index (χ1v) is 8.81. The Hall–Kier alpha value is -1.76. The number of aryl methyl sites for hydroxylation is 1. The van der Waals surface area contributed by atoms with Crippen LogP contribution in [0.1, 0.15) is 24.2 Å². The first kappa shape index (κ1) is 18.0. The third-order valence-corrected chi connectivity index (χ3v) is 4.52. The summed E-state index contributed by atoms with van der Waals surface area (Å²) in [7, 11) is 0. The molecule has 25 heavy (non-hydrogen) atoms. The molecular formula is C17H19Cl2N3O3. The minimum Gasteiger partial charge on any atom is -0.453 e. The van der Waals surface area contributed by atoms with Gasteiger partial charge in [0.1, 0.15) is 11.4 Å². The van der Waals surface area contributed by atoms with E-state index in [1.54, 1.807) is 23.1 Å². The first-order valence-electron chi connectivity index (χ1n) is 8.06. The highest BCUT2D eigenvalue weighted by atomic mass is 35.5. The van der Waals surface area contributed by atoms with Gasteiger partial charge in [-0.15, -0.1) is 0 Å². The van der Waals surface area contributed by atoms with Gasteiger partial charge < -0.3 is 14.7 Å². The summed E-state index contributed by atoms with van der Waals surface area (Å²) >= 11 is 12.0. The summed E-state index contributed by atoms with van der Waals surface area (Å²) in [6.07, 6.45) is 1.18. The van der Waals surface area contributed by atoms with Crippen LogP contribution in [0, 0.1) is 6.92 Å². The van der Waals surface area contributed by atoms with Crippen LogP contribution in [0.3, 0.4) is 0 Å². The molecule has 2 N–H and O–H groups in total. The molecule has 8 heteroatoms. The number of hydrogen-bond donors (Lipinski definition) is 2. The number of ether oxygens (including phenoxy) is 1. The van der Waals surface area contributed by atoms with Gasteiger partial charge in [0.05, 0.1) is 18.2 Å². The quantitative estimate of drug-likeness (QED) is 0.848. The number of aromatic amines is 1. The van der Waals surface area contributed by atoms with Crippen molar-refractivity contribution in [3.63, 3.8) is 0 Å². The van der Waals surface area contributed by atoms with E-state index in [-0.39, 0.29) is 12.3 Å². The van der Waals surface area contributed by atoms with Crippen LogP contribution in [0.5, 0.6) is 11.5 Å². The second kappa shape index (κ2) is 7.64. The SMILES string of the molecule is Cc1[nH]nc(CC(=O)N2CCC[C@@H](O)C2)c1Oc1cc(Cl)cc(Cl)c1. The minimum atomic E-state index is -0.456. The number of rotatable bonds is 4. The zero-order valence-electron chi connectivity index (χ0n) is 13.8. The number of halogens is 2. The molecule has 3 rings (SSSR count). The normalized spacial score (nSPS) is 17.6. The molecule has 1 fully saturated rings. The number of H-pyrrole nitrogens is 1. The molecule has 1 aromatic heterocycles. The summed E-state index contributed by atoms with van der Waals surface area (Å²) in [5.41, 5.74) is 1.22. The summed E-state index contributed by atoms with van der Waals surface area (Å²) in [5, 5.41) is 17.7. The van der Waals surface area contributed by atoms with Gasteiger partial charge in [0.15, 0.2) is 5.75 Å². The number of aliphatic hydroxyl groups is 1. The van der Waals surface area contributed by atoms with Crippen LogP contribution >= 0.6 is 23.2 Å². The fourth-order valence-corrected chi connectivity index (χ4v) is 3.37. The lowest BCUT2D eigenvalue weighted by Crippen LogP contribution is -2.42. The standard InChI is InChI=1S/C17H19Cl2N3O3/c1-10-17(25-14-6-11(18)5-12(19)7-14)15(21-20-10)8-16(24)22-4-2-3-13(23)9-22/h5-7,13,23H,2-4,8-9H2,1H3,(H,20,21)/t13-/m1/s1. The summed E-state index contributed by atoms with van der Waals surface area (Å²) in [6.45, 7) is 2.83. The fraction of sp³-hybridized carbons (Fsp3) is 0.412. The smallest absolute Gasteiger partial charge is 0.228 e. The van der Waals surface area contributed by atoms with E-state index in [4.69, 9.17) is 27.9 Å². The van der Waals surface area contributed by atoms with E-state index in [1.165, 1.54) is 0 Å². The lowest BCUT2D eigenvalue weighted by Gasteiger charge is -2.30. The number of likely N-dealkylation sites (tertiary alicyclic amines) is 1. The number of aliphatic hydroxyl groups excluding tert-OH is 1. The van der Waals surface area contributed by atoms with Crippen molar-refractivity contribution < 1.29 is 14.6 Å². The van der Waals surface area contributed by atoms with E-state index < -0.39 is 6.10 Å². The number of hydrogen-bond acceptors (Lipinski definition) is 4. The fourth-order valence-electron chi connectivity index (χ4n) is 2.87. The number of piperidine rings is 1. The molecular weight excluding hydrogens is 365 g/mol. The van der Waals surface area contributed by atoms with Crippen LogP contribution < -0.4 is 4.74 Å². The van der Waals surface area contributed by atoms with Crippen molar-refractivity contribution in [2.45, 2.75) is 32.3 Å². The molecule has 1 atom stereocenters. The number of nitrogens with one attached hydrogen (secondary N) is 1. The molecule has 0 spiro atoms. The number of nitrogens with zero attached hydrogens (tertiary/aromatic N) is 2. The summed E-state index contributed by atoms with van der Waals surface area (Å²) in [6, 6.07) is 4.91. The van der Waals surface area contributed by atoms with Crippen molar-refractivity contribution in [3.8, 4) is 11.5 Å². The van der Waals surface area contributed by atoms with Gasteiger partial charge in [0.25, 0.3) is 0 Å². The van der Waals surface area contributed by atoms with Crippen LogP contribution in [-0.4, -0.2) is 45.3 Å². The third kappa shape index (κ3) is 4.45. The Morgan fingerprint density at radius 2 is 2.12 bits per heavy atom. The maximum Gasteiger partial charge on any atom is 0.228 e. The summed E-state index contributed by atoms with van der Waals surface area (Å²) in [5.74, 6) is 0.882.